The highest BCUT2D eigenvalue weighted by Crippen LogP contribution is 2.37. The van der Waals surface area contributed by atoms with Crippen LogP contribution in [0, 0.1) is 0 Å². The molecule has 2 aromatic rings. The third-order valence-electron chi connectivity index (χ3n) is 5.30. The number of nitrogens with zero attached hydrogens (tertiary/aromatic N) is 2. The van der Waals surface area contributed by atoms with Crippen LogP contribution >= 0.6 is 11.6 Å². The Morgan fingerprint density at radius 2 is 1.67 bits per heavy atom. The van der Waals surface area contributed by atoms with Crippen molar-refractivity contribution in [1.82, 2.24) is 10.2 Å². The van der Waals surface area contributed by atoms with Gasteiger partial charge in [0.1, 0.15) is 12.6 Å². The van der Waals surface area contributed by atoms with Gasteiger partial charge in [-0.2, -0.15) is 13.2 Å². The number of hydrogen-bond acceptors (Lipinski definition) is 4. The van der Waals surface area contributed by atoms with Gasteiger partial charge in [-0.05, 0) is 51.0 Å². The molecule has 2 aromatic carbocycles. The molecule has 1 N–H and O–H groups in total. The molecule has 0 aliphatic carbocycles. The van der Waals surface area contributed by atoms with Crippen LogP contribution in [-0.2, 0) is 32.2 Å². The molecular formula is C24H29ClF3N3O4S. The van der Waals surface area contributed by atoms with Crippen LogP contribution in [-0.4, -0.2) is 56.6 Å². The number of benzene rings is 2. The SMILES string of the molecule is CC(C)NC(=O)[C@@H](C)N(CCc1ccccc1)C(=O)CN(c1ccc(Cl)c(C(F)(F)F)c1)S(C)(=O)=O. The van der Waals surface area contributed by atoms with Crippen LogP contribution in [0.15, 0.2) is 48.5 Å². The fourth-order valence-electron chi connectivity index (χ4n) is 3.47. The van der Waals surface area contributed by atoms with Gasteiger partial charge in [0.15, 0.2) is 0 Å². The van der Waals surface area contributed by atoms with E-state index in [1.54, 1.807) is 13.8 Å². The monoisotopic (exact) mass is 547 g/mol. The highest BCUT2D eigenvalue weighted by atomic mass is 35.5. The van der Waals surface area contributed by atoms with Crippen LogP contribution < -0.4 is 9.62 Å². The molecule has 0 radical (unpaired) electrons. The number of alkyl halides is 3. The maximum Gasteiger partial charge on any atom is 0.417 e. The first kappa shape index (κ1) is 29.4. The molecule has 0 spiro atoms. The third-order valence-corrected chi connectivity index (χ3v) is 6.78. The molecule has 198 valence electrons. The summed E-state index contributed by atoms with van der Waals surface area (Å²) in [5.41, 5.74) is -0.711. The van der Waals surface area contributed by atoms with Crippen LogP contribution in [0.2, 0.25) is 5.02 Å². The number of halogens is 4. The van der Waals surface area contributed by atoms with E-state index >= 15 is 0 Å². The normalized spacial score (nSPS) is 12.8. The summed E-state index contributed by atoms with van der Waals surface area (Å²) >= 11 is 5.67. The smallest absolute Gasteiger partial charge is 0.352 e. The Hall–Kier alpha value is -2.79. The van der Waals surface area contributed by atoms with Crippen molar-refractivity contribution >= 4 is 39.1 Å². The van der Waals surface area contributed by atoms with E-state index in [1.807, 2.05) is 30.3 Å². The number of amides is 2. The Bertz CT molecular complexity index is 1170. The summed E-state index contributed by atoms with van der Waals surface area (Å²) in [6.07, 6.45) is -3.67. The molecule has 2 rings (SSSR count). The van der Waals surface area contributed by atoms with Crippen LogP contribution in [0.5, 0.6) is 0 Å². The van der Waals surface area contributed by atoms with Crippen LogP contribution in [0.1, 0.15) is 31.9 Å². The zero-order valence-electron chi connectivity index (χ0n) is 20.3. The topological polar surface area (TPSA) is 86.8 Å². The predicted molar refractivity (Wildman–Crippen MR) is 133 cm³/mol. The molecule has 1 atom stereocenters. The first-order valence-electron chi connectivity index (χ1n) is 11.1. The van der Waals surface area contributed by atoms with Crippen LogP contribution in [0.25, 0.3) is 0 Å². The zero-order chi connectivity index (χ0) is 27.3. The van der Waals surface area contributed by atoms with Gasteiger partial charge in [0.25, 0.3) is 0 Å². The van der Waals surface area contributed by atoms with Crippen molar-refractivity contribution < 1.29 is 31.2 Å². The number of nitrogens with one attached hydrogen (secondary N) is 1. The molecule has 0 aromatic heterocycles. The van der Waals surface area contributed by atoms with E-state index in [9.17, 15) is 31.2 Å². The van der Waals surface area contributed by atoms with Crippen molar-refractivity contribution in [2.24, 2.45) is 0 Å². The predicted octanol–water partition coefficient (Wildman–Crippen LogP) is 4.11. The van der Waals surface area contributed by atoms with E-state index in [1.165, 1.54) is 11.8 Å². The van der Waals surface area contributed by atoms with Crippen molar-refractivity contribution in [3.8, 4) is 0 Å². The molecule has 36 heavy (non-hydrogen) atoms. The number of carbonyl (C=O) groups is 2. The molecule has 0 aliphatic heterocycles. The lowest BCUT2D eigenvalue weighted by Crippen LogP contribution is -2.53. The van der Waals surface area contributed by atoms with Crippen LogP contribution in [0.4, 0.5) is 18.9 Å². The molecule has 0 heterocycles. The molecule has 0 fully saturated rings. The molecule has 0 bridgehead atoms. The molecular weight excluding hydrogens is 519 g/mol. The lowest BCUT2D eigenvalue weighted by Gasteiger charge is -2.32. The summed E-state index contributed by atoms with van der Waals surface area (Å²) in [6.45, 7) is 4.30. The van der Waals surface area contributed by atoms with E-state index in [0.717, 1.165) is 24.0 Å². The Balaban J connectivity index is 2.41. The van der Waals surface area contributed by atoms with E-state index in [0.29, 0.717) is 16.8 Å². The highest BCUT2D eigenvalue weighted by Gasteiger charge is 2.35. The van der Waals surface area contributed by atoms with Gasteiger partial charge in [0.2, 0.25) is 21.8 Å². The fourth-order valence-corrected chi connectivity index (χ4v) is 4.54. The number of rotatable bonds is 10. The van der Waals surface area contributed by atoms with Gasteiger partial charge in [-0.25, -0.2) is 8.42 Å². The minimum absolute atomic E-state index is 0.0849. The van der Waals surface area contributed by atoms with E-state index < -0.39 is 51.2 Å². The van der Waals surface area contributed by atoms with Gasteiger partial charge in [0.05, 0.1) is 22.5 Å². The molecule has 0 saturated carbocycles. The van der Waals surface area contributed by atoms with Gasteiger partial charge < -0.3 is 10.2 Å². The molecule has 7 nitrogen and oxygen atoms in total. The first-order valence-corrected chi connectivity index (χ1v) is 13.3. The lowest BCUT2D eigenvalue weighted by atomic mass is 10.1. The molecule has 0 unspecified atom stereocenters. The summed E-state index contributed by atoms with van der Waals surface area (Å²) in [5.74, 6) is -1.19. The minimum Gasteiger partial charge on any atom is -0.352 e. The zero-order valence-corrected chi connectivity index (χ0v) is 21.9. The van der Waals surface area contributed by atoms with Gasteiger partial charge >= 0.3 is 6.18 Å². The molecule has 12 heteroatoms. The highest BCUT2D eigenvalue weighted by molar-refractivity contribution is 7.92. The van der Waals surface area contributed by atoms with Gasteiger partial charge in [0, 0.05) is 12.6 Å². The summed E-state index contributed by atoms with van der Waals surface area (Å²) in [6, 6.07) is 10.6. The standard InChI is InChI=1S/C24H29ClF3N3O4S/c1-16(2)29-23(33)17(3)30(13-12-18-8-6-5-7-9-18)22(32)15-31(36(4,34)35)19-10-11-21(25)20(14-19)24(26,27)28/h5-11,14,16-17H,12-13,15H2,1-4H3,(H,29,33)/t17-/m1/s1. The van der Waals surface area contributed by atoms with E-state index in [-0.39, 0.29) is 18.3 Å². The summed E-state index contributed by atoms with van der Waals surface area (Å²) in [7, 11) is -4.18. The average Bonchev–Trinajstić information content (AvgIpc) is 2.76. The van der Waals surface area contributed by atoms with Crippen molar-refractivity contribution in [2.75, 3.05) is 23.7 Å². The number of anilines is 1. The second kappa shape index (κ2) is 12.0. The summed E-state index contributed by atoms with van der Waals surface area (Å²) in [4.78, 5) is 27.3. The van der Waals surface area contributed by atoms with Crippen molar-refractivity contribution in [1.29, 1.82) is 0 Å². The molecule has 0 saturated heterocycles. The maximum absolute atomic E-state index is 13.4. The largest absolute Gasteiger partial charge is 0.417 e. The fraction of sp³-hybridized carbons (Fsp3) is 0.417. The van der Waals surface area contributed by atoms with E-state index in [2.05, 4.69) is 5.32 Å². The van der Waals surface area contributed by atoms with Crippen molar-refractivity contribution in [3.05, 3.63) is 64.7 Å². The lowest BCUT2D eigenvalue weighted by molar-refractivity contribution is -0.139. The summed E-state index contributed by atoms with van der Waals surface area (Å²) in [5, 5.41) is 2.11. The maximum atomic E-state index is 13.4. The Labute approximate surface area is 214 Å². The average molecular weight is 548 g/mol. The Morgan fingerprint density at radius 3 is 2.19 bits per heavy atom. The van der Waals surface area contributed by atoms with Crippen molar-refractivity contribution in [3.63, 3.8) is 0 Å². The third kappa shape index (κ3) is 8.12. The van der Waals surface area contributed by atoms with E-state index in [4.69, 9.17) is 11.6 Å². The van der Waals surface area contributed by atoms with Crippen LogP contribution in [0.3, 0.4) is 0 Å². The second-order valence-corrected chi connectivity index (χ2v) is 10.9. The van der Waals surface area contributed by atoms with Gasteiger partial charge in [-0.1, -0.05) is 41.9 Å². The van der Waals surface area contributed by atoms with Gasteiger partial charge in [-0.15, -0.1) is 0 Å². The number of sulfonamides is 1. The summed E-state index contributed by atoms with van der Waals surface area (Å²) < 4.78 is 65.7. The Morgan fingerprint density at radius 1 is 1.06 bits per heavy atom. The molecule has 0 aliphatic rings. The molecule has 2 amide bonds. The van der Waals surface area contributed by atoms with Gasteiger partial charge in [-0.3, -0.25) is 13.9 Å². The second-order valence-electron chi connectivity index (χ2n) is 8.59. The number of carbonyl (C=O) groups excluding carboxylic acids is 2. The number of hydrogen-bond donors (Lipinski definition) is 1. The minimum atomic E-state index is -4.83. The Kier molecular flexibility index (Phi) is 9.78. The van der Waals surface area contributed by atoms with Crippen molar-refractivity contribution in [2.45, 2.75) is 45.5 Å². The quantitative estimate of drug-likeness (QED) is 0.485. The first-order chi connectivity index (χ1) is 16.6.